The molecular formula is C19H19N3O2S. The first-order valence-electron chi connectivity index (χ1n) is 7.87. The molecule has 0 aliphatic carbocycles. The van der Waals surface area contributed by atoms with Crippen LogP contribution in [0.3, 0.4) is 0 Å². The van der Waals surface area contributed by atoms with E-state index in [2.05, 4.69) is 15.2 Å². The fourth-order valence-corrected chi connectivity index (χ4v) is 3.18. The van der Waals surface area contributed by atoms with Crippen LogP contribution in [0.4, 0.5) is 0 Å². The Morgan fingerprint density at radius 3 is 2.64 bits per heavy atom. The van der Waals surface area contributed by atoms with Gasteiger partial charge in [-0.05, 0) is 32.0 Å². The first kappa shape index (κ1) is 17.2. The van der Waals surface area contributed by atoms with Crippen molar-refractivity contribution in [1.82, 2.24) is 15.2 Å². The third-order valence-corrected chi connectivity index (χ3v) is 4.73. The summed E-state index contributed by atoms with van der Waals surface area (Å²) in [6.07, 6.45) is 0. The largest absolute Gasteiger partial charge is 0.496 e. The Morgan fingerprint density at radius 2 is 1.96 bits per heavy atom. The van der Waals surface area contributed by atoms with Gasteiger partial charge in [-0.3, -0.25) is 9.89 Å². The van der Waals surface area contributed by atoms with Gasteiger partial charge in [0.15, 0.2) is 11.6 Å². The molecule has 0 aliphatic rings. The number of hydrogen-bond acceptors (Lipinski definition) is 5. The molecule has 1 N–H and O–H groups in total. The number of hydrogen-bond donors (Lipinski definition) is 1. The number of aromatic amines is 1. The van der Waals surface area contributed by atoms with Crippen LogP contribution in [0.1, 0.15) is 28.4 Å². The predicted molar refractivity (Wildman–Crippen MR) is 99.1 cm³/mol. The van der Waals surface area contributed by atoms with Crippen LogP contribution < -0.4 is 4.74 Å². The number of aromatic nitrogens is 3. The second kappa shape index (κ2) is 7.53. The Labute approximate surface area is 150 Å². The van der Waals surface area contributed by atoms with Crippen LogP contribution in [0.5, 0.6) is 5.75 Å². The summed E-state index contributed by atoms with van der Waals surface area (Å²) in [6, 6.07) is 13.6. The molecule has 0 unspecified atom stereocenters. The first-order valence-corrected chi connectivity index (χ1v) is 8.85. The molecule has 3 aromatic rings. The Hall–Kier alpha value is -2.60. The Balaban J connectivity index is 1.75. The van der Waals surface area contributed by atoms with E-state index in [9.17, 15) is 4.79 Å². The highest BCUT2D eigenvalue weighted by molar-refractivity contribution is 7.98. The van der Waals surface area contributed by atoms with Crippen molar-refractivity contribution in [2.45, 2.75) is 24.8 Å². The van der Waals surface area contributed by atoms with Gasteiger partial charge in [0.25, 0.3) is 0 Å². The molecule has 0 atom stereocenters. The maximum Gasteiger partial charge on any atom is 0.209 e. The van der Waals surface area contributed by atoms with Gasteiger partial charge in [-0.1, -0.05) is 41.6 Å². The molecule has 5 nitrogen and oxygen atoms in total. The lowest BCUT2D eigenvalue weighted by Crippen LogP contribution is -1.97. The minimum atomic E-state index is 0.0356. The molecular weight excluding hydrogens is 334 g/mol. The first-order chi connectivity index (χ1) is 12.1. The monoisotopic (exact) mass is 353 g/mol. The lowest BCUT2D eigenvalue weighted by molar-refractivity contribution is 0.101. The highest BCUT2D eigenvalue weighted by Gasteiger charge is 2.11. The summed E-state index contributed by atoms with van der Waals surface area (Å²) >= 11 is 1.50. The number of aryl methyl sites for hydroxylation is 1. The molecule has 0 amide bonds. The average molecular weight is 353 g/mol. The lowest BCUT2D eigenvalue weighted by Gasteiger charge is -2.08. The van der Waals surface area contributed by atoms with Crippen molar-refractivity contribution in [3.63, 3.8) is 0 Å². The molecule has 0 radical (unpaired) electrons. The number of ether oxygens (including phenoxy) is 1. The van der Waals surface area contributed by atoms with Gasteiger partial charge in [-0.25, -0.2) is 4.98 Å². The van der Waals surface area contributed by atoms with E-state index >= 15 is 0 Å². The number of nitrogens with zero attached hydrogens (tertiary/aromatic N) is 2. The topological polar surface area (TPSA) is 67.9 Å². The molecule has 0 aliphatic heterocycles. The zero-order valence-electron chi connectivity index (χ0n) is 14.4. The predicted octanol–water partition coefficient (Wildman–Crippen LogP) is 4.28. The summed E-state index contributed by atoms with van der Waals surface area (Å²) in [7, 11) is 1.62. The smallest absolute Gasteiger partial charge is 0.209 e. The van der Waals surface area contributed by atoms with E-state index in [1.165, 1.54) is 17.3 Å². The summed E-state index contributed by atoms with van der Waals surface area (Å²) in [5.41, 5.74) is 3.82. The molecule has 128 valence electrons. The minimum absolute atomic E-state index is 0.0356. The molecule has 0 saturated heterocycles. The van der Waals surface area contributed by atoms with Crippen molar-refractivity contribution in [3.05, 3.63) is 59.2 Å². The van der Waals surface area contributed by atoms with Gasteiger partial charge in [0.1, 0.15) is 5.75 Å². The van der Waals surface area contributed by atoms with E-state index in [1.54, 1.807) is 20.1 Å². The zero-order chi connectivity index (χ0) is 17.8. The fourth-order valence-electron chi connectivity index (χ4n) is 2.40. The van der Waals surface area contributed by atoms with Gasteiger partial charge in [-0.2, -0.15) is 0 Å². The molecule has 25 heavy (non-hydrogen) atoms. The van der Waals surface area contributed by atoms with E-state index < -0.39 is 0 Å². The maximum absolute atomic E-state index is 11.6. The molecule has 0 spiro atoms. The van der Waals surface area contributed by atoms with Crippen LogP contribution >= 0.6 is 11.8 Å². The van der Waals surface area contributed by atoms with Crippen LogP contribution in [-0.2, 0) is 5.75 Å². The Kier molecular flexibility index (Phi) is 5.19. The number of nitrogens with one attached hydrogen (secondary N) is 1. The maximum atomic E-state index is 11.6. The van der Waals surface area contributed by atoms with Gasteiger partial charge in [-0.15, -0.1) is 5.10 Å². The summed E-state index contributed by atoms with van der Waals surface area (Å²) in [5.74, 6) is 2.15. The van der Waals surface area contributed by atoms with Gasteiger partial charge < -0.3 is 4.74 Å². The third kappa shape index (κ3) is 4.09. The molecule has 3 rings (SSSR count). The van der Waals surface area contributed by atoms with Crippen molar-refractivity contribution in [2.24, 2.45) is 0 Å². The molecule has 0 fully saturated rings. The summed E-state index contributed by atoms with van der Waals surface area (Å²) < 4.78 is 5.38. The minimum Gasteiger partial charge on any atom is -0.496 e. The van der Waals surface area contributed by atoms with E-state index in [0.29, 0.717) is 16.5 Å². The van der Waals surface area contributed by atoms with Crippen molar-refractivity contribution >= 4 is 17.5 Å². The normalized spacial score (nSPS) is 10.7. The van der Waals surface area contributed by atoms with Crippen LogP contribution in [0.15, 0.2) is 47.6 Å². The molecule has 1 heterocycles. The molecule has 2 aromatic carbocycles. The van der Waals surface area contributed by atoms with Crippen molar-refractivity contribution in [3.8, 4) is 17.1 Å². The number of carbonyl (C=O) groups excluding carboxylic acids is 1. The van der Waals surface area contributed by atoms with E-state index in [0.717, 1.165) is 22.7 Å². The van der Waals surface area contributed by atoms with Gasteiger partial charge in [0, 0.05) is 22.4 Å². The molecule has 6 heteroatoms. The molecule has 0 saturated carbocycles. The second-order valence-electron chi connectivity index (χ2n) is 5.70. The SMILES string of the molecule is COc1ccc(C(C)=O)cc1CSc1n[nH]c(-c2ccc(C)cc2)n1. The van der Waals surface area contributed by atoms with Crippen LogP contribution in [0.2, 0.25) is 0 Å². The van der Waals surface area contributed by atoms with Crippen molar-refractivity contribution < 1.29 is 9.53 Å². The lowest BCUT2D eigenvalue weighted by atomic mass is 10.1. The summed E-state index contributed by atoms with van der Waals surface area (Å²) in [5, 5.41) is 7.89. The van der Waals surface area contributed by atoms with Crippen LogP contribution in [0.25, 0.3) is 11.4 Å². The number of rotatable bonds is 6. The van der Waals surface area contributed by atoms with Gasteiger partial charge >= 0.3 is 0 Å². The molecule has 0 bridgehead atoms. The van der Waals surface area contributed by atoms with Crippen molar-refractivity contribution in [1.29, 1.82) is 0 Å². The number of carbonyl (C=O) groups is 1. The number of ketones is 1. The van der Waals surface area contributed by atoms with Crippen molar-refractivity contribution in [2.75, 3.05) is 7.11 Å². The molecule has 1 aromatic heterocycles. The van der Waals surface area contributed by atoms with Gasteiger partial charge in [0.2, 0.25) is 5.16 Å². The number of methoxy groups -OCH3 is 1. The number of benzene rings is 2. The summed E-state index contributed by atoms with van der Waals surface area (Å²) in [6.45, 7) is 3.61. The van der Waals surface area contributed by atoms with Crippen LogP contribution in [-0.4, -0.2) is 28.1 Å². The van der Waals surface area contributed by atoms with Crippen LogP contribution in [0, 0.1) is 6.92 Å². The number of Topliss-reactive ketones (excluding diaryl/α,β-unsaturated/α-hetero) is 1. The summed E-state index contributed by atoms with van der Waals surface area (Å²) in [4.78, 5) is 16.1. The third-order valence-electron chi connectivity index (χ3n) is 3.83. The van der Waals surface area contributed by atoms with E-state index in [-0.39, 0.29) is 5.78 Å². The number of H-pyrrole nitrogens is 1. The quantitative estimate of drug-likeness (QED) is 0.529. The second-order valence-corrected chi connectivity index (χ2v) is 6.65. The number of thioether (sulfide) groups is 1. The Bertz CT molecular complexity index is 888. The fraction of sp³-hybridized carbons (Fsp3) is 0.211. The average Bonchev–Trinajstić information content (AvgIpc) is 3.09. The zero-order valence-corrected chi connectivity index (χ0v) is 15.2. The highest BCUT2D eigenvalue weighted by atomic mass is 32.2. The van der Waals surface area contributed by atoms with E-state index in [1.807, 2.05) is 43.3 Å². The standard InChI is InChI=1S/C19H19N3O2S/c1-12-4-6-14(7-5-12)18-20-19(22-21-18)25-11-16-10-15(13(2)23)8-9-17(16)24-3/h4-10H,11H2,1-3H3,(H,20,21,22). The Morgan fingerprint density at radius 1 is 1.20 bits per heavy atom. The van der Waals surface area contributed by atoms with Gasteiger partial charge in [0.05, 0.1) is 7.11 Å². The highest BCUT2D eigenvalue weighted by Crippen LogP contribution is 2.28. The van der Waals surface area contributed by atoms with E-state index in [4.69, 9.17) is 4.74 Å².